The Morgan fingerprint density at radius 3 is 2.79 bits per heavy atom. The number of rotatable bonds is 5. The standard InChI is InChI=1S/C14H21ClN4/c1-10-6-7-16-14-12(10)17-13(11(2)15)19(14)9-5-8-18(3)4/h6-7,11H,5,8-9H2,1-4H3. The molecular weight excluding hydrogens is 260 g/mol. The zero-order valence-corrected chi connectivity index (χ0v) is 12.8. The Bertz CT molecular complexity index is 560. The Hall–Kier alpha value is -1.13. The smallest absolute Gasteiger partial charge is 0.160 e. The first-order chi connectivity index (χ1) is 9.00. The molecule has 0 aliphatic heterocycles. The lowest BCUT2D eigenvalue weighted by molar-refractivity contribution is 0.386. The third-order valence-corrected chi connectivity index (χ3v) is 3.40. The summed E-state index contributed by atoms with van der Waals surface area (Å²) in [5.74, 6) is 0.914. The van der Waals surface area contributed by atoms with Gasteiger partial charge in [0.15, 0.2) is 5.65 Å². The molecule has 0 radical (unpaired) electrons. The van der Waals surface area contributed by atoms with Gasteiger partial charge in [0.2, 0.25) is 0 Å². The van der Waals surface area contributed by atoms with Gasteiger partial charge in [-0.05, 0) is 52.5 Å². The average molecular weight is 281 g/mol. The number of aryl methyl sites for hydroxylation is 2. The predicted molar refractivity (Wildman–Crippen MR) is 79.7 cm³/mol. The second-order valence-electron chi connectivity index (χ2n) is 5.19. The van der Waals surface area contributed by atoms with Crippen LogP contribution in [0.2, 0.25) is 0 Å². The molecule has 0 amide bonds. The van der Waals surface area contributed by atoms with Crippen molar-refractivity contribution in [3.63, 3.8) is 0 Å². The molecule has 0 aromatic carbocycles. The van der Waals surface area contributed by atoms with Crippen LogP contribution in [-0.2, 0) is 6.54 Å². The summed E-state index contributed by atoms with van der Waals surface area (Å²) in [6.07, 6.45) is 2.90. The fourth-order valence-electron chi connectivity index (χ4n) is 2.22. The van der Waals surface area contributed by atoms with E-state index in [4.69, 9.17) is 11.6 Å². The van der Waals surface area contributed by atoms with Crippen molar-refractivity contribution in [2.45, 2.75) is 32.2 Å². The molecule has 0 fully saturated rings. The zero-order chi connectivity index (χ0) is 14.0. The van der Waals surface area contributed by atoms with E-state index in [0.717, 1.165) is 42.1 Å². The van der Waals surface area contributed by atoms with Crippen LogP contribution in [0.5, 0.6) is 0 Å². The molecule has 1 unspecified atom stereocenters. The summed E-state index contributed by atoms with van der Waals surface area (Å²) < 4.78 is 2.16. The van der Waals surface area contributed by atoms with Crippen molar-refractivity contribution in [3.8, 4) is 0 Å². The number of hydrogen-bond donors (Lipinski definition) is 0. The molecule has 19 heavy (non-hydrogen) atoms. The van der Waals surface area contributed by atoms with Crippen molar-refractivity contribution in [3.05, 3.63) is 23.7 Å². The fourth-order valence-corrected chi connectivity index (χ4v) is 2.39. The van der Waals surface area contributed by atoms with Crippen LogP contribution in [0.25, 0.3) is 11.2 Å². The monoisotopic (exact) mass is 280 g/mol. The number of nitrogens with zero attached hydrogens (tertiary/aromatic N) is 4. The van der Waals surface area contributed by atoms with E-state index in [-0.39, 0.29) is 5.38 Å². The molecule has 104 valence electrons. The van der Waals surface area contributed by atoms with Gasteiger partial charge in [0.05, 0.1) is 5.38 Å². The van der Waals surface area contributed by atoms with Gasteiger partial charge in [0.25, 0.3) is 0 Å². The molecule has 0 aliphatic carbocycles. The van der Waals surface area contributed by atoms with Gasteiger partial charge < -0.3 is 9.47 Å². The van der Waals surface area contributed by atoms with Crippen LogP contribution in [0, 0.1) is 6.92 Å². The molecule has 0 aliphatic rings. The Balaban J connectivity index is 2.38. The summed E-state index contributed by atoms with van der Waals surface area (Å²) in [4.78, 5) is 11.3. The lowest BCUT2D eigenvalue weighted by Crippen LogP contribution is -2.16. The average Bonchev–Trinajstić information content (AvgIpc) is 2.70. The Labute approximate surface area is 119 Å². The topological polar surface area (TPSA) is 34.0 Å². The van der Waals surface area contributed by atoms with Crippen LogP contribution in [0.4, 0.5) is 0 Å². The molecule has 0 saturated carbocycles. The molecular formula is C14H21ClN4. The Morgan fingerprint density at radius 2 is 2.16 bits per heavy atom. The maximum absolute atomic E-state index is 6.25. The highest BCUT2D eigenvalue weighted by atomic mass is 35.5. The Kier molecular flexibility index (Phi) is 4.42. The summed E-state index contributed by atoms with van der Waals surface area (Å²) in [5.41, 5.74) is 3.06. The van der Waals surface area contributed by atoms with E-state index >= 15 is 0 Å². The molecule has 2 heterocycles. The Morgan fingerprint density at radius 1 is 1.42 bits per heavy atom. The van der Waals surface area contributed by atoms with Crippen molar-refractivity contribution in [1.29, 1.82) is 0 Å². The lowest BCUT2D eigenvalue weighted by Gasteiger charge is -2.12. The van der Waals surface area contributed by atoms with Gasteiger partial charge in [-0.1, -0.05) is 0 Å². The van der Waals surface area contributed by atoms with E-state index in [1.165, 1.54) is 0 Å². The van der Waals surface area contributed by atoms with Crippen molar-refractivity contribution in [2.24, 2.45) is 0 Å². The van der Waals surface area contributed by atoms with Crippen LogP contribution >= 0.6 is 11.6 Å². The van der Waals surface area contributed by atoms with Crippen molar-refractivity contribution in [2.75, 3.05) is 20.6 Å². The second-order valence-corrected chi connectivity index (χ2v) is 5.85. The van der Waals surface area contributed by atoms with Gasteiger partial charge in [-0.2, -0.15) is 0 Å². The highest BCUT2D eigenvalue weighted by Gasteiger charge is 2.16. The summed E-state index contributed by atoms with van der Waals surface area (Å²) in [7, 11) is 4.17. The number of pyridine rings is 1. The van der Waals surface area contributed by atoms with E-state index < -0.39 is 0 Å². The van der Waals surface area contributed by atoms with Crippen LogP contribution < -0.4 is 0 Å². The van der Waals surface area contributed by atoms with Gasteiger partial charge in [-0.15, -0.1) is 11.6 Å². The van der Waals surface area contributed by atoms with Crippen molar-refractivity contribution < 1.29 is 0 Å². The molecule has 0 spiro atoms. The molecule has 0 N–H and O–H groups in total. The van der Waals surface area contributed by atoms with Gasteiger partial charge in [-0.3, -0.25) is 0 Å². The number of halogens is 1. The van der Waals surface area contributed by atoms with Gasteiger partial charge in [-0.25, -0.2) is 9.97 Å². The lowest BCUT2D eigenvalue weighted by atomic mass is 10.3. The zero-order valence-electron chi connectivity index (χ0n) is 12.0. The SMILES string of the molecule is Cc1ccnc2c1nc(C(C)Cl)n2CCCN(C)C. The minimum absolute atomic E-state index is 0.104. The largest absolute Gasteiger partial charge is 0.311 e. The molecule has 2 aromatic heterocycles. The van der Waals surface area contributed by atoms with E-state index in [2.05, 4.69) is 40.5 Å². The van der Waals surface area contributed by atoms with Gasteiger partial charge in [0.1, 0.15) is 11.3 Å². The number of aromatic nitrogens is 3. The highest BCUT2D eigenvalue weighted by Crippen LogP contribution is 2.25. The van der Waals surface area contributed by atoms with Gasteiger partial charge >= 0.3 is 0 Å². The maximum Gasteiger partial charge on any atom is 0.160 e. The molecule has 5 heteroatoms. The molecule has 4 nitrogen and oxygen atoms in total. The first-order valence-corrected chi connectivity index (χ1v) is 7.05. The van der Waals surface area contributed by atoms with Crippen molar-refractivity contribution in [1.82, 2.24) is 19.4 Å². The number of imidazole rings is 1. The first kappa shape index (κ1) is 14.3. The number of alkyl halides is 1. The third-order valence-electron chi connectivity index (χ3n) is 3.21. The number of fused-ring (bicyclic) bond motifs is 1. The van der Waals surface area contributed by atoms with E-state index in [1.54, 1.807) is 0 Å². The van der Waals surface area contributed by atoms with E-state index in [0.29, 0.717) is 0 Å². The van der Waals surface area contributed by atoms with Gasteiger partial charge in [0, 0.05) is 12.7 Å². The van der Waals surface area contributed by atoms with E-state index in [9.17, 15) is 0 Å². The normalized spacial score (nSPS) is 13.4. The third kappa shape index (κ3) is 3.07. The summed E-state index contributed by atoms with van der Waals surface area (Å²) in [5, 5.41) is -0.104. The summed E-state index contributed by atoms with van der Waals surface area (Å²) >= 11 is 6.25. The number of hydrogen-bond acceptors (Lipinski definition) is 3. The minimum Gasteiger partial charge on any atom is -0.311 e. The van der Waals surface area contributed by atoms with Crippen LogP contribution in [-0.4, -0.2) is 40.1 Å². The highest BCUT2D eigenvalue weighted by molar-refractivity contribution is 6.20. The van der Waals surface area contributed by atoms with Crippen LogP contribution in [0.1, 0.15) is 30.1 Å². The first-order valence-electron chi connectivity index (χ1n) is 6.61. The second kappa shape index (κ2) is 5.88. The van der Waals surface area contributed by atoms with Crippen molar-refractivity contribution >= 4 is 22.8 Å². The molecule has 1 atom stereocenters. The molecule has 2 aromatic rings. The maximum atomic E-state index is 6.25. The molecule has 2 rings (SSSR count). The van der Waals surface area contributed by atoms with Crippen LogP contribution in [0.15, 0.2) is 12.3 Å². The summed E-state index contributed by atoms with van der Waals surface area (Å²) in [6.45, 7) is 5.96. The quantitative estimate of drug-likeness (QED) is 0.790. The van der Waals surface area contributed by atoms with E-state index in [1.807, 2.05) is 19.2 Å². The predicted octanol–water partition coefficient (Wildman–Crippen LogP) is 2.99. The fraction of sp³-hybridized carbons (Fsp3) is 0.571. The molecule has 0 bridgehead atoms. The van der Waals surface area contributed by atoms with Crippen LogP contribution in [0.3, 0.4) is 0 Å². The summed E-state index contributed by atoms with van der Waals surface area (Å²) in [6, 6.07) is 1.99. The molecule has 0 saturated heterocycles. The minimum atomic E-state index is -0.104.